The molecular weight excluding hydrogens is 516 g/mol. The molecule has 0 radical (unpaired) electrons. The smallest absolute Gasteiger partial charge is 0.262 e. The summed E-state index contributed by atoms with van der Waals surface area (Å²) in [5.74, 6) is 0.534. The van der Waals surface area contributed by atoms with Gasteiger partial charge in [0.25, 0.3) is 5.91 Å². The van der Waals surface area contributed by atoms with Crippen molar-refractivity contribution >= 4 is 23.2 Å². The van der Waals surface area contributed by atoms with Crippen LogP contribution in [-0.2, 0) is 14.4 Å². The fraction of sp³-hybridized carbons (Fsp3) is 0.441. The summed E-state index contributed by atoms with van der Waals surface area (Å²) in [5, 5.41) is 2.85. The van der Waals surface area contributed by atoms with Crippen molar-refractivity contribution in [3.8, 4) is 11.5 Å². The lowest BCUT2D eigenvalue weighted by Gasteiger charge is -2.49. The molecule has 2 aromatic carbocycles. The van der Waals surface area contributed by atoms with Crippen molar-refractivity contribution in [3.05, 3.63) is 76.6 Å². The van der Waals surface area contributed by atoms with Crippen LogP contribution in [0.25, 0.3) is 0 Å². The molecule has 1 N–H and O–H groups in total. The van der Waals surface area contributed by atoms with Crippen LogP contribution in [-0.4, -0.2) is 42.6 Å². The van der Waals surface area contributed by atoms with Gasteiger partial charge in [0.05, 0.1) is 7.11 Å². The Kier molecular flexibility index (Phi) is 7.58. The standard InChI is InChI=1S/C34H40N2O5/c1-7-36-24-16-33(2,3)18-26(37)31(24)30(32-25(36)17-34(4,5)19-27(32)38)23-10-8-9-11-28(23)41-20-29(39)35-21-12-14-22(40-6)15-13-21/h8-15,30H,7,16-20H2,1-6H3,(H,35,39). The van der Waals surface area contributed by atoms with E-state index in [1.54, 1.807) is 31.4 Å². The van der Waals surface area contributed by atoms with E-state index in [0.717, 1.165) is 29.8 Å². The number of Topliss-reactive ketones (excluding diaryl/α,β-unsaturated/α-hetero) is 2. The van der Waals surface area contributed by atoms with Crippen LogP contribution in [0, 0.1) is 10.8 Å². The first kappa shape index (κ1) is 28.7. The van der Waals surface area contributed by atoms with Gasteiger partial charge < -0.3 is 19.7 Å². The Balaban J connectivity index is 1.53. The Labute approximate surface area is 242 Å². The minimum Gasteiger partial charge on any atom is -0.497 e. The summed E-state index contributed by atoms with van der Waals surface area (Å²) < 4.78 is 11.3. The van der Waals surface area contributed by atoms with E-state index in [-0.39, 0.29) is 34.9 Å². The third-order valence-corrected chi connectivity index (χ3v) is 8.30. The largest absolute Gasteiger partial charge is 0.497 e. The highest BCUT2D eigenvalue weighted by molar-refractivity contribution is 6.07. The van der Waals surface area contributed by atoms with Crippen molar-refractivity contribution in [2.24, 2.45) is 10.8 Å². The van der Waals surface area contributed by atoms with E-state index < -0.39 is 5.92 Å². The van der Waals surface area contributed by atoms with Crippen molar-refractivity contribution in [2.45, 2.75) is 66.2 Å². The number of allylic oxidation sites excluding steroid dienone is 4. The maximum atomic E-state index is 13.9. The van der Waals surface area contributed by atoms with Crippen LogP contribution in [0.3, 0.4) is 0 Å². The number of benzene rings is 2. The molecule has 0 aromatic heterocycles. The summed E-state index contributed by atoms with van der Waals surface area (Å²) in [6.07, 6.45) is 2.37. The maximum absolute atomic E-state index is 13.9. The maximum Gasteiger partial charge on any atom is 0.262 e. The van der Waals surface area contributed by atoms with Crippen molar-refractivity contribution in [1.29, 1.82) is 0 Å². The van der Waals surface area contributed by atoms with E-state index in [2.05, 4.69) is 44.8 Å². The Morgan fingerprint density at radius 1 is 0.878 bits per heavy atom. The molecule has 5 rings (SSSR count). The molecule has 0 bridgehead atoms. The molecule has 0 fully saturated rings. The molecule has 1 aliphatic heterocycles. The van der Waals surface area contributed by atoms with Gasteiger partial charge in [0.1, 0.15) is 11.5 Å². The first-order chi connectivity index (χ1) is 19.4. The van der Waals surface area contributed by atoms with E-state index in [4.69, 9.17) is 9.47 Å². The zero-order valence-electron chi connectivity index (χ0n) is 24.9. The van der Waals surface area contributed by atoms with Gasteiger partial charge in [-0.15, -0.1) is 0 Å². The van der Waals surface area contributed by atoms with Crippen LogP contribution < -0.4 is 14.8 Å². The summed E-state index contributed by atoms with van der Waals surface area (Å²) >= 11 is 0. The van der Waals surface area contributed by atoms with E-state index in [1.807, 2.05) is 24.3 Å². The van der Waals surface area contributed by atoms with E-state index in [9.17, 15) is 14.4 Å². The molecule has 1 amide bonds. The molecule has 1 heterocycles. The highest BCUT2D eigenvalue weighted by Gasteiger charge is 2.49. The predicted molar refractivity (Wildman–Crippen MR) is 159 cm³/mol. The van der Waals surface area contributed by atoms with Crippen molar-refractivity contribution in [2.75, 3.05) is 25.6 Å². The number of amides is 1. The molecular formula is C34H40N2O5. The van der Waals surface area contributed by atoms with E-state index >= 15 is 0 Å². The minimum atomic E-state index is -0.518. The highest BCUT2D eigenvalue weighted by Crippen LogP contribution is 2.55. The van der Waals surface area contributed by atoms with Crippen LogP contribution in [0.15, 0.2) is 71.1 Å². The zero-order chi connectivity index (χ0) is 29.5. The highest BCUT2D eigenvalue weighted by atomic mass is 16.5. The summed E-state index contributed by atoms with van der Waals surface area (Å²) in [6, 6.07) is 14.6. The number of nitrogens with one attached hydrogen (secondary N) is 1. The second-order valence-corrected chi connectivity index (χ2v) is 12.9. The molecule has 0 saturated heterocycles. The first-order valence-corrected chi connectivity index (χ1v) is 14.4. The molecule has 7 heteroatoms. The third-order valence-electron chi connectivity index (χ3n) is 8.30. The van der Waals surface area contributed by atoms with Crippen LogP contribution in [0.5, 0.6) is 11.5 Å². The molecule has 0 spiro atoms. The molecule has 3 aliphatic rings. The average Bonchev–Trinajstić information content (AvgIpc) is 2.90. The molecule has 0 unspecified atom stereocenters. The van der Waals surface area contributed by atoms with Crippen LogP contribution in [0.1, 0.15) is 71.8 Å². The lowest BCUT2D eigenvalue weighted by molar-refractivity contribution is -0.120. The van der Waals surface area contributed by atoms with Gasteiger partial charge in [0, 0.05) is 59.1 Å². The lowest BCUT2D eigenvalue weighted by Crippen LogP contribution is -2.44. The number of methoxy groups -OCH3 is 1. The third kappa shape index (κ3) is 5.67. The number of rotatable bonds is 7. The Morgan fingerprint density at radius 2 is 1.44 bits per heavy atom. The number of hydrogen-bond acceptors (Lipinski definition) is 6. The van der Waals surface area contributed by atoms with Gasteiger partial charge in [0.2, 0.25) is 0 Å². The minimum absolute atomic E-state index is 0.0796. The van der Waals surface area contributed by atoms with E-state index in [0.29, 0.717) is 47.7 Å². The first-order valence-electron chi connectivity index (χ1n) is 14.4. The number of ketones is 2. The number of anilines is 1. The van der Waals surface area contributed by atoms with Crippen molar-refractivity contribution < 1.29 is 23.9 Å². The normalized spacial score (nSPS) is 20.0. The molecule has 7 nitrogen and oxygen atoms in total. The number of para-hydroxylation sites is 1. The predicted octanol–water partition coefficient (Wildman–Crippen LogP) is 6.42. The SMILES string of the molecule is CCN1C2=C(C(=O)CC(C)(C)C2)C(c2ccccc2OCC(=O)Nc2ccc(OC)cc2)C2=C1CC(C)(C)CC2=O. The number of hydrogen-bond donors (Lipinski definition) is 1. The summed E-state index contributed by atoms with van der Waals surface area (Å²) in [5.41, 5.74) is 4.50. The van der Waals surface area contributed by atoms with Gasteiger partial charge in [-0.1, -0.05) is 45.9 Å². The van der Waals surface area contributed by atoms with Crippen molar-refractivity contribution in [1.82, 2.24) is 4.90 Å². The van der Waals surface area contributed by atoms with Gasteiger partial charge in [-0.3, -0.25) is 14.4 Å². The Bertz CT molecular complexity index is 1390. The van der Waals surface area contributed by atoms with Crippen LogP contribution >= 0.6 is 0 Å². The molecule has 2 aromatic rings. The van der Waals surface area contributed by atoms with Gasteiger partial charge in [0.15, 0.2) is 18.2 Å². The number of nitrogens with zero attached hydrogens (tertiary/aromatic N) is 1. The average molecular weight is 557 g/mol. The number of ether oxygens (including phenoxy) is 2. The quantitative estimate of drug-likeness (QED) is 0.424. The summed E-state index contributed by atoms with van der Waals surface area (Å²) in [4.78, 5) is 42.8. The topological polar surface area (TPSA) is 84.9 Å². The zero-order valence-corrected chi connectivity index (χ0v) is 24.9. The van der Waals surface area contributed by atoms with Crippen LogP contribution in [0.4, 0.5) is 5.69 Å². The second kappa shape index (κ2) is 10.8. The Morgan fingerprint density at radius 3 is 1.98 bits per heavy atom. The molecule has 216 valence electrons. The summed E-state index contributed by atoms with van der Waals surface area (Å²) in [7, 11) is 1.59. The second-order valence-electron chi connectivity index (χ2n) is 12.9. The molecule has 0 saturated carbocycles. The molecule has 2 aliphatic carbocycles. The van der Waals surface area contributed by atoms with Gasteiger partial charge in [-0.2, -0.15) is 0 Å². The van der Waals surface area contributed by atoms with Gasteiger partial charge in [-0.25, -0.2) is 0 Å². The lowest BCUT2D eigenvalue weighted by atomic mass is 9.63. The Hall–Kier alpha value is -3.87. The van der Waals surface area contributed by atoms with Crippen molar-refractivity contribution in [3.63, 3.8) is 0 Å². The van der Waals surface area contributed by atoms with E-state index in [1.165, 1.54) is 0 Å². The monoisotopic (exact) mass is 556 g/mol. The summed E-state index contributed by atoms with van der Waals surface area (Å²) in [6.45, 7) is 11.1. The fourth-order valence-corrected chi connectivity index (χ4v) is 6.61. The van der Waals surface area contributed by atoms with Crippen LogP contribution in [0.2, 0.25) is 0 Å². The van der Waals surface area contributed by atoms with Gasteiger partial charge >= 0.3 is 0 Å². The number of carbonyl (C=O) groups is 3. The fourth-order valence-electron chi connectivity index (χ4n) is 6.61. The molecule has 0 atom stereocenters. The number of carbonyl (C=O) groups excluding carboxylic acids is 3. The molecule has 41 heavy (non-hydrogen) atoms. The van der Waals surface area contributed by atoms with Gasteiger partial charge in [-0.05, 0) is 60.9 Å².